The summed E-state index contributed by atoms with van der Waals surface area (Å²) in [4.78, 5) is 33.7. The molecule has 0 radical (unpaired) electrons. The third-order valence-corrected chi connectivity index (χ3v) is 3.55. The van der Waals surface area contributed by atoms with Gasteiger partial charge >= 0.3 is 6.09 Å². The van der Waals surface area contributed by atoms with Crippen molar-refractivity contribution >= 4 is 18.2 Å². The highest BCUT2D eigenvalue weighted by Crippen LogP contribution is 2.24. The zero-order chi connectivity index (χ0) is 14.6. The molecule has 20 heavy (non-hydrogen) atoms. The van der Waals surface area contributed by atoms with E-state index in [1.54, 1.807) is 25.6 Å². The van der Waals surface area contributed by atoms with E-state index in [0.717, 1.165) is 6.29 Å². The smallest absolute Gasteiger partial charge is 0.408 e. The number of aldehydes is 1. The van der Waals surface area contributed by atoms with Crippen molar-refractivity contribution in [3.63, 3.8) is 0 Å². The Morgan fingerprint density at radius 2 is 2.35 bits per heavy atom. The predicted molar refractivity (Wildman–Crippen MR) is 71.4 cm³/mol. The van der Waals surface area contributed by atoms with Gasteiger partial charge < -0.3 is 14.8 Å². The van der Waals surface area contributed by atoms with Gasteiger partial charge in [0, 0.05) is 31.9 Å². The molecule has 108 valence electrons. The van der Waals surface area contributed by atoms with Crippen molar-refractivity contribution in [3.05, 3.63) is 18.6 Å². The van der Waals surface area contributed by atoms with E-state index < -0.39 is 11.8 Å². The van der Waals surface area contributed by atoms with Gasteiger partial charge in [-0.25, -0.2) is 9.78 Å². The summed E-state index contributed by atoms with van der Waals surface area (Å²) in [6, 6.07) is 0. The molecule has 1 atom stereocenters. The fourth-order valence-electron chi connectivity index (χ4n) is 2.47. The minimum Gasteiger partial charge on any atom is -0.465 e. The lowest BCUT2D eigenvalue weighted by Crippen LogP contribution is -2.70. The van der Waals surface area contributed by atoms with E-state index in [4.69, 9.17) is 0 Å². The van der Waals surface area contributed by atoms with Gasteiger partial charge in [-0.3, -0.25) is 15.2 Å². The average Bonchev–Trinajstić information content (AvgIpc) is 2.48. The van der Waals surface area contributed by atoms with Crippen molar-refractivity contribution in [2.24, 2.45) is 0 Å². The Bertz CT molecular complexity index is 483. The number of hydrogen-bond donors (Lipinski definition) is 2. The molecule has 1 aliphatic heterocycles. The van der Waals surface area contributed by atoms with Crippen LogP contribution in [0.15, 0.2) is 18.6 Å². The van der Waals surface area contributed by atoms with Crippen molar-refractivity contribution in [1.82, 2.24) is 20.2 Å². The van der Waals surface area contributed by atoms with E-state index in [-0.39, 0.29) is 6.42 Å². The van der Waals surface area contributed by atoms with Crippen LogP contribution in [0.1, 0.15) is 6.42 Å². The lowest BCUT2D eigenvalue weighted by atomic mass is 10.0. The summed E-state index contributed by atoms with van der Waals surface area (Å²) >= 11 is 0. The monoisotopic (exact) mass is 279 g/mol. The number of carbonyl (C=O) groups is 2. The summed E-state index contributed by atoms with van der Waals surface area (Å²) in [6.07, 6.45) is 4.55. The highest BCUT2D eigenvalue weighted by atomic mass is 16.4. The summed E-state index contributed by atoms with van der Waals surface area (Å²) in [5.74, 6) is 0.670. The summed E-state index contributed by atoms with van der Waals surface area (Å²) in [5, 5.41) is 12.3. The van der Waals surface area contributed by atoms with Gasteiger partial charge in [0.25, 0.3) is 0 Å². The maximum Gasteiger partial charge on any atom is 0.408 e. The zero-order valence-corrected chi connectivity index (χ0v) is 11.2. The second-order valence-corrected chi connectivity index (χ2v) is 4.57. The van der Waals surface area contributed by atoms with Crippen LogP contribution in [0.25, 0.3) is 0 Å². The summed E-state index contributed by atoms with van der Waals surface area (Å²) in [7, 11) is 1.65. The molecule has 0 spiro atoms. The highest BCUT2D eigenvalue weighted by Gasteiger charge is 2.43. The minimum absolute atomic E-state index is 0.0760. The first-order valence-corrected chi connectivity index (χ1v) is 6.27. The molecule has 2 rings (SSSR count). The molecule has 0 saturated carbocycles. The predicted octanol–water partition coefficient (Wildman–Crippen LogP) is -0.219. The van der Waals surface area contributed by atoms with E-state index in [2.05, 4.69) is 15.3 Å². The number of nitrogens with zero attached hydrogens (tertiary/aromatic N) is 4. The van der Waals surface area contributed by atoms with Gasteiger partial charge in [-0.1, -0.05) is 0 Å². The Kier molecular flexibility index (Phi) is 4.14. The van der Waals surface area contributed by atoms with Crippen LogP contribution >= 0.6 is 0 Å². The number of aromatic nitrogens is 2. The number of rotatable bonds is 4. The van der Waals surface area contributed by atoms with Crippen LogP contribution in [-0.2, 0) is 4.79 Å². The Labute approximate surface area is 116 Å². The van der Waals surface area contributed by atoms with Gasteiger partial charge in [0.1, 0.15) is 17.8 Å². The molecule has 1 aromatic rings. The third kappa shape index (κ3) is 2.55. The molecule has 1 saturated heterocycles. The molecule has 1 unspecified atom stereocenters. The number of hydrogen-bond acceptors (Lipinski definition) is 6. The number of piperazine rings is 1. The lowest BCUT2D eigenvalue weighted by molar-refractivity contribution is -0.110. The molecule has 8 nitrogen and oxygen atoms in total. The normalized spacial score (nSPS) is 22.6. The molecule has 1 amide bonds. The highest BCUT2D eigenvalue weighted by molar-refractivity contribution is 5.68. The van der Waals surface area contributed by atoms with Crippen LogP contribution in [-0.4, -0.2) is 64.7 Å². The van der Waals surface area contributed by atoms with Gasteiger partial charge in [-0.05, 0) is 7.05 Å². The largest absolute Gasteiger partial charge is 0.465 e. The Morgan fingerprint density at radius 3 is 2.90 bits per heavy atom. The van der Waals surface area contributed by atoms with Gasteiger partial charge in [-0.2, -0.15) is 0 Å². The molecule has 0 aromatic carbocycles. The maximum atomic E-state index is 11.4. The molecule has 2 heterocycles. The lowest BCUT2D eigenvalue weighted by Gasteiger charge is -2.48. The standard InChI is InChI=1S/C12H17N5O3/c1-13-12(2-7-18)9-16(5-6-17(12)11(19)20)10-8-14-3-4-15-10/h3-4,7-8,13H,2,5-6,9H2,1H3,(H,19,20). The Balaban J connectivity index is 2.28. The van der Waals surface area contributed by atoms with Crippen LogP contribution in [0.3, 0.4) is 0 Å². The molecule has 1 aromatic heterocycles. The number of amides is 1. The molecule has 0 aliphatic carbocycles. The molecule has 2 N–H and O–H groups in total. The maximum absolute atomic E-state index is 11.4. The summed E-state index contributed by atoms with van der Waals surface area (Å²) in [6.45, 7) is 1.14. The van der Waals surface area contributed by atoms with Gasteiger partial charge in [0.15, 0.2) is 0 Å². The summed E-state index contributed by atoms with van der Waals surface area (Å²) < 4.78 is 0. The van der Waals surface area contributed by atoms with Crippen LogP contribution < -0.4 is 10.2 Å². The first kappa shape index (κ1) is 14.2. The third-order valence-electron chi connectivity index (χ3n) is 3.55. The van der Waals surface area contributed by atoms with Crippen molar-refractivity contribution in [3.8, 4) is 0 Å². The molecular formula is C12H17N5O3. The van der Waals surface area contributed by atoms with Gasteiger partial charge in [-0.15, -0.1) is 0 Å². The molecule has 1 aliphatic rings. The number of anilines is 1. The van der Waals surface area contributed by atoms with Crippen LogP contribution in [0, 0.1) is 0 Å². The first-order valence-electron chi connectivity index (χ1n) is 6.27. The number of carbonyl (C=O) groups excluding carboxylic acids is 1. The van der Waals surface area contributed by atoms with E-state index in [1.807, 2.05) is 4.90 Å². The van der Waals surface area contributed by atoms with E-state index in [1.165, 1.54) is 4.90 Å². The zero-order valence-electron chi connectivity index (χ0n) is 11.2. The molecule has 1 fully saturated rings. The molecular weight excluding hydrogens is 262 g/mol. The van der Waals surface area contributed by atoms with E-state index in [0.29, 0.717) is 25.5 Å². The number of nitrogens with one attached hydrogen (secondary N) is 1. The molecule has 0 bridgehead atoms. The Morgan fingerprint density at radius 1 is 1.55 bits per heavy atom. The number of likely N-dealkylation sites (N-methyl/N-ethyl adjacent to an activating group) is 1. The number of carboxylic acid groups (broad SMARTS) is 1. The van der Waals surface area contributed by atoms with E-state index >= 15 is 0 Å². The quantitative estimate of drug-likeness (QED) is 0.735. The van der Waals surface area contributed by atoms with Crippen LogP contribution in [0.2, 0.25) is 0 Å². The van der Waals surface area contributed by atoms with Crippen molar-refractivity contribution in [1.29, 1.82) is 0 Å². The second kappa shape index (κ2) is 5.83. The first-order chi connectivity index (χ1) is 9.63. The van der Waals surface area contributed by atoms with Gasteiger partial charge in [0.05, 0.1) is 12.7 Å². The van der Waals surface area contributed by atoms with Crippen molar-refractivity contribution in [2.75, 3.05) is 31.6 Å². The average molecular weight is 279 g/mol. The van der Waals surface area contributed by atoms with Gasteiger partial charge in [0.2, 0.25) is 0 Å². The van der Waals surface area contributed by atoms with Crippen LogP contribution in [0.4, 0.5) is 10.6 Å². The van der Waals surface area contributed by atoms with E-state index in [9.17, 15) is 14.7 Å². The van der Waals surface area contributed by atoms with Crippen LogP contribution in [0.5, 0.6) is 0 Å². The SMILES string of the molecule is CNC1(CC=O)CN(c2cnccn2)CCN1C(=O)O. The summed E-state index contributed by atoms with van der Waals surface area (Å²) in [5.41, 5.74) is -0.941. The Hall–Kier alpha value is -2.22. The van der Waals surface area contributed by atoms with Crippen molar-refractivity contribution < 1.29 is 14.7 Å². The molecule has 8 heteroatoms. The second-order valence-electron chi connectivity index (χ2n) is 4.57. The fourth-order valence-corrected chi connectivity index (χ4v) is 2.47. The topological polar surface area (TPSA) is 98.7 Å². The fraction of sp³-hybridized carbons (Fsp3) is 0.500. The van der Waals surface area contributed by atoms with Crippen molar-refractivity contribution in [2.45, 2.75) is 12.1 Å². The minimum atomic E-state index is -1.04.